The Morgan fingerprint density at radius 2 is 2.38 bits per heavy atom. The third-order valence-electron chi connectivity index (χ3n) is 0.720. The van der Waals surface area contributed by atoms with Crippen LogP contribution in [0.25, 0.3) is 0 Å². The van der Waals surface area contributed by atoms with Gasteiger partial charge in [0.05, 0.1) is 0 Å². The quantitative estimate of drug-likeness (QED) is 0.510. The van der Waals surface area contributed by atoms with E-state index in [0.717, 1.165) is 0 Å². The molecule has 0 fully saturated rings. The van der Waals surface area contributed by atoms with Crippen molar-refractivity contribution in [2.75, 3.05) is 19.0 Å². The first-order valence-electron chi connectivity index (χ1n) is 2.18. The van der Waals surface area contributed by atoms with Crippen LogP contribution < -0.4 is 4.90 Å². The first-order chi connectivity index (χ1) is 3.80. The van der Waals surface area contributed by atoms with E-state index in [1.165, 1.54) is 0 Å². The SMILES string of the molecule is CN(C)c1[c]nno1. The molecule has 0 amide bonds. The molecule has 0 bridgehead atoms. The predicted molar refractivity (Wildman–Crippen MR) is 27.5 cm³/mol. The van der Waals surface area contributed by atoms with Crippen molar-refractivity contribution in [2.45, 2.75) is 0 Å². The lowest BCUT2D eigenvalue weighted by Crippen LogP contribution is -2.06. The lowest BCUT2D eigenvalue weighted by molar-refractivity contribution is 0.397. The highest BCUT2D eigenvalue weighted by atomic mass is 16.5. The average molecular weight is 112 g/mol. The highest BCUT2D eigenvalue weighted by Gasteiger charge is 1.97. The standard InChI is InChI=1S/C4H6N3O/c1-7(2)4-3-5-6-8-4/h1-2H3. The Bertz CT molecular complexity index is 146. The van der Waals surface area contributed by atoms with Crippen LogP contribution in [0.15, 0.2) is 4.52 Å². The summed E-state index contributed by atoms with van der Waals surface area (Å²) in [5, 5.41) is 6.58. The monoisotopic (exact) mass is 112 g/mol. The Kier molecular flexibility index (Phi) is 1.15. The largest absolute Gasteiger partial charge is 0.345 e. The first-order valence-corrected chi connectivity index (χ1v) is 2.18. The van der Waals surface area contributed by atoms with Gasteiger partial charge in [-0.15, -0.1) is 5.10 Å². The highest BCUT2D eigenvalue weighted by Crippen LogP contribution is 2.02. The van der Waals surface area contributed by atoms with Crippen LogP contribution >= 0.6 is 0 Å². The summed E-state index contributed by atoms with van der Waals surface area (Å²) >= 11 is 0. The molecule has 4 nitrogen and oxygen atoms in total. The van der Waals surface area contributed by atoms with Crippen LogP contribution in [0.1, 0.15) is 0 Å². The van der Waals surface area contributed by atoms with Crippen molar-refractivity contribution in [3.05, 3.63) is 6.20 Å². The lowest BCUT2D eigenvalue weighted by atomic mass is 10.7. The van der Waals surface area contributed by atoms with Gasteiger partial charge in [0.25, 0.3) is 5.88 Å². The van der Waals surface area contributed by atoms with E-state index in [2.05, 4.69) is 21.1 Å². The summed E-state index contributed by atoms with van der Waals surface area (Å²) in [4.78, 5) is 1.74. The number of rotatable bonds is 1. The fourth-order valence-electron chi connectivity index (χ4n) is 0.324. The van der Waals surface area contributed by atoms with E-state index in [1.54, 1.807) is 4.90 Å². The molecular formula is C4H6N3O. The van der Waals surface area contributed by atoms with Crippen molar-refractivity contribution in [1.29, 1.82) is 0 Å². The molecule has 0 N–H and O–H groups in total. The van der Waals surface area contributed by atoms with Gasteiger partial charge in [-0.05, 0) is 0 Å². The zero-order valence-corrected chi connectivity index (χ0v) is 4.75. The van der Waals surface area contributed by atoms with Gasteiger partial charge >= 0.3 is 0 Å². The van der Waals surface area contributed by atoms with Gasteiger partial charge in [-0.2, -0.15) is 0 Å². The Hall–Kier alpha value is -1.06. The van der Waals surface area contributed by atoms with Crippen LogP contribution in [-0.2, 0) is 0 Å². The minimum atomic E-state index is 0.546. The van der Waals surface area contributed by atoms with Crippen molar-refractivity contribution < 1.29 is 4.52 Å². The minimum absolute atomic E-state index is 0.546. The van der Waals surface area contributed by atoms with E-state index in [0.29, 0.717) is 5.88 Å². The van der Waals surface area contributed by atoms with Crippen LogP contribution in [-0.4, -0.2) is 24.5 Å². The minimum Gasteiger partial charge on any atom is -0.345 e. The molecule has 1 aromatic rings. The molecule has 43 valence electrons. The molecule has 0 spiro atoms. The van der Waals surface area contributed by atoms with Gasteiger partial charge in [0.2, 0.25) is 0 Å². The number of hydrogen-bond donors (Lipinski definition) is 0. The maximum Gasteiger partial charge on any atom is 0.257 e. The Morgan fingerprint density at radius 3 is 2.62 bits per heavy atom. The molecule has 0 atom stereocenters. The van der Waals surface area contributed by atoms with Gasteiger partial charge in [-0.25, -0.2) is 0 Å². The summed E-state index contributed by atoms with van der Waals surface area (Å²) in [7, 11) is 3.66. The Morgan fingerprint density at radius 1 is 1.62 bits per heavy atom. The van der Waals surface area contributed by atoms with Gasteiger partial charge in [0.15, 0.2) is 6.20 Å². The molecule has 1 aromatic heterocycles. The second-order valence-corrected chi connectivity index (χ2v) is 1.58. The molecule has 0 saturated heterocycles. The molecule has 0 unspecified atom stereocenters. The summed E-state index contributed by atoms with van der Waals surface area (Å²) in [5.74, 6) is 0.546. The summed E-state index contributed by atoms with van der Waals surface area (Å²) in [6.07, 6.45) is 2.53. The van der Waals surface area contributed by atoms with E-state index in [-0.39, 0.29) is 0 Å². The number of aromatic nitrogens is 2. The summed E-state index contributed by atoms with van der Waals surface area (Å²) in [6, 6.07) is 0. The van der Waals surface area contributed by atoms with Gasteiger partial charge < -0.3 is 9.42 Å². The zero-order valence-electron chi connectivity index (χ0n) is 4.75. The lowest BCUT2D eigenvalue weighted by Gasteiger charge is -2.01. The average Bonchev–Trinajstić information content (AvgIpc) is 2.12. The van der Waals surface area contributed by atoms with Gasteiger partial charge in [0, 0.05) is 19.4 Å². The maximum atomic E-state index is 4.60. The number of hydrogen-bond acceptors (Lipinski definition) is 4. The van der Waals surface area contributed by atoms with E-state index in [4.69, 9.17) is 0 Å². The molecule has 1 heterocycles. The van der Waals surface area contributed by atoms with Gasteiger partial charge in [-0.3, -0.25) is 0 Å². The van der Waals surface area contributed by atoms with Crippen molar-refractivity contribution in [3.8, 4) is 0 Å². The number of nitrogens with zero attached hydrogens (tertiary/aromatic N) is 3. The normalized spacial score (nSPS) is 9.25. The zero-order chi connectivity index (χ0) is 5.98. The summed E-state index contributed by atoms with van der Waals surface area (Å²) in [6.45, 7) is 0. The summed E-state index contributed by atoms with van der Waals surface area (Å²) in [5.41, 5.74) is 0. The fourth-order valence-corrected chi connectivity index (χ4v) is 0.324. The van der Waals surface area contributed by atoms with Crippen molar-refractivity contribution in [1.82, 2.24) is 10.4 Å². The molecule has 0 saturated carbocycles. The van der Waals surface area contributed by atoms with E-state index in [9.17, 15) is 0 Å². The topological polar surface area (TPSA) is 42.2 Å². The first kappa shape index (κ1) is 5.08. The predicted octanol–water partition coefficient (Wildman–Crippen LogP) is -0.0642. The molecule has 0 aliphatic carbocycles. The second kappa shape index (κ2) is 1.81. The molecule has 0 aliphatic heterocycles. The Labute approximate surface area is 47.1 Å². The van der Waals surface area contributed by atoms with Crippen molar-refractivity contribution >= 4 is 5.88 Å². The van der Waals surface area contributed by atoms with Crippen LogP contribution in [0.4, 0.5) is 5.88 Å². The molecule has 4 heteroatoms. The second-order valence-electron chi connectivity index (χ2n) is 1.58. The fraction of sp³-hybridized carbons (Fsp3) is 0.500. The van der Waals surface area contributed by atoms with E-state index < -0.39 is 0 Å². The van der Waals surface area contributed by atoms with Crippen LogP contribution in [0.5, 0.6) is 0 Å². The Balaban J connectivity index is 2.77. The highest BCUT2D eigenvalue weighted by molar-refractivity contribution is 5.25. The molecule has 1 rings (SSSR count). The summed E-state index contributed by atoms with van der Waals surface area (Å²) < 4.78 is 4.60. The van der Waals surface area contributed by atoms with Crippen LogP contribution in [0.3, 0.4) is 0 Å². The van der Waals surface area contributed by atoms with Crippen LogP contribution in [0, 0.1) is 6.20 Å². The van der Waals surface area contributed by atoms with Crippen molar-refractivity contribution in [3.63, 3.8) is 0 Å². The van der Waals surface area contributed by atoms with Crippen molar-refractivity contribution in [2.24, 2.45) is 0 Å². The van der Waals surface area contributed by atoms with Gasteiger partial charge in [-0.1, -0.05) is 0 Å². The molecule has 0 aromatic carbocycles. The van der Waals surface area contributed by atoms with E-state index >= 15 is 0 Å². The third-order valence-corrected chi connectivity index (χ3v) is 0.720. The van der Waals surface area contributed by atoms with Crippen LogP contribution in [0.2, 0.25) is 0 Å². The third kappa shape index (κ3) is 0.776. The maximum absolute atomic E-state index is 4.60. The molecule has 8 heavy (non-hydrogen) atoms. The number of anilines is 1. The van der Waals surface area contributed by atoms with E-state index in [1.807, 2.05) is 14.1 Å². The molecular weight excluding hydrogens is 106 g/mol. The smallest absolute Gasteiger partial charge is 0.257 e. The molecule has 0 aliphatic rings. The molecule has 1 radical (unpaired) electrons. The van der Waals surface area contributed by atoms with Gasteiger partial charge in [0.1, 0.15) is 0 Å².